The van der Waals surface area contributed by atoms with Gasteiger partial charge in [0.05, 0.1) is 5.57 Å². The van der Waals surface area contributed by atoms with Crippen molar-refractivity contribution in [2.24, 2.45) is 10.1 Å². The number of hydrazone groups is 1. The van der Waals surface area contributed by atoms with Crippen LogP contribution in [0.25, 0.3) is 11.8 Å². The number of amidine groups is 2. The third-order valence-corrected chi connectivity index (χ3v) is 6.28. The number of amides is 1. The minimum Gasteiger partial charge on any atom is -0.318 e. The number of hydrogen-bond acceptors (Lipinski definition) is 4. The first-order chi connectivity index (χ1) is 15.4. The van der Waals surface area contributed by atoms with E-state index in [-0.39, 0.29) is 16.6 Å². The van der Waals surface area contributed by atoms with Crippen molar-refractivity contribution < 1.29 is 9.18 Å². The molecule has 0 spiro atoms. The quantitative estimate of drug-likeness (QED) is 0.585. The number of aliphatic imine (C=N–C) groups is 1. The fraction of sp³-hybridized carbons (Fsp3) is 0.0833. The number of aromatic nitrogens is 1. The lowest BCUT2D eigenvalue weighted by Gasteiger charge is -2.20. The Bertz CT molecular complexity index is 1370. The zero-order chi connectivity index (χ0) is 22.4. The molecule has 8 heteroatoms. The molecule has 0 aliphatic carbocycles. The molecular weight excluding hydrogens is 425 g/mol. The van der Waals surface area contributed by atoms with E-state index in [4.69, 9.17) is 5.41 Å². The summed E-state index contributed by atoms with van der Waals surface area (Å²) in [4.78, 5) is 16.9. The molecule has 32 heavy (non-hydrogen) atoms. The zero-order valence-electron chi connectivity index (χ0n) is 17.3. The number of nitrogens with zero attached hydrogens (tertiary/aromatic N) is 4. The number of rotatable bonds is 3. The SMILES string of the molecule is Cc1cc(/C=C2/C(=N)N3N=C(c4ccccc4F)SC3=NC2=O)c(C)n1-c1ccccc1. The molecule has 0 saturated heterocycles. The van der Waals surface area contributed by atoms with Crippen molar-refractivity contribution in [3.63, 3.8) is 0 Å². The molecule has 1 aromatic heterocycles. The van der Waals surface area contributed by atoms with Gasteiger partial charge in [-0.05, 0) is 67.6 Å². The third-order valence-electron chi connectivity index (χ3n) is 5.34. The minimum absolute atomic E-state index is 0.0802. The Morgan fingerprint density at radius 1 is 1.06 bits per heavy atom. The van der Waals surface area contributed by atoms with Crippen LogP contribution < -0.4 is 0 Å². The highest BCUT2D eigenvalue weighted by Crippen LogP contribution is 2.32. The number of hydrogen-bond donors (Lipinski definition) is 1. The van der Waals surface area contributed by atoms with Crippen molar-refractivity contribution in [3.8, 4) is 5.69 Å². The first kappa shape index (κ1) is 20.1. The molecular formula is C24H18FN5OS. The second-order valence-corrected chi connectivity index (χ2v) is 8.36. The lowest BCUT2D eigenvalue weighted by atomic mass is 10.1. The summed E-state index contributed by atoms with van der Waals surface area (Å²) in [5.41, 5.74) is 4.25. The molecule has 0 saturated carbocycles. The average Bonchev–Trinajstić information content (AvgIpc) is 3.32. The van der Waals surface area contributed by atoms with E-state index in [1.807, 2.05) is 50.2 Å². The van der Waals surface area contributed by atoms with E-state index in [9.17, 15) is 9.18 Å². The molecule has 2 aromatic carbocycles. The summed E-state index contributed by atoms with van der Waals surface area (Å²) in [7, 11) is 0. The van der Waals surface area contributed by atoms with Crippen molar-refractivity contribution >= 4 is 39.8 Å². The third kappa shape index (κ3) is 3.29. The number of benzene rings is 2. The molecule has 2 aliphatic rings. The van der Waals surface area contributed by atoms with Crippen LogP contribution in [0.2, 0.25) is 0 Å². The Morgan fingerprint density at radius 2 is 1.78 bits per heavy atom. The van der Waals surface area contributed by atoms with Crippen LogP contribution >= 0.6 is 11.8 Å². The van der Waals surface area contributed by atoms with Crippen LogP contribution in [0, 0.1) is 25.1 Å². The fourth-order valence-corrected chi connectivity index (χ4v) is 4.72. The molecule has 3 heterocycles. The number of para-hydroxylation sites is 1. The topological polar surface area (TPSA) is 73.8 Å². The van der Waals surface area contributed by atoms with Gasteiger partial charge in [0.1, 0.15) is 10.9 Å². The highest BCUT2D eigenvalue weighted by molar-refractivity contribution is 8.27. The molecule has 0 bridgehead atoms. The van der Waals surface area contributed by atoms with Gasteiger partial charge in [0, 0.05) is 22.6 Å². The van der Waals surface area contributed by atoms with E-state index in [1.54, 1.807) is 24.3 Å². The lowest BCUT2D eigenvalue weighted by molar-refractivity contribution is -0.114. The standard InChI is InChI=1S/C24H18FN5OS/c1-14-12-16(15(2)29(14)17-8-4-3-5-9-17)13-19-21(26)30-24(27-22(19)31)32-23(28-30)18-10-6-7-11-20(18)25/h3-13,26H,1-2H3/b19-13-,26-21?. The van der Waals surface area contributed by atoms with E-state index in [0.29, 0.717) is 10.6 Å². The van der Waals surface area contributed by atoms with Crippen LogP contribution in [0.3, 0.4) is 0 Å². The van der Waals surface area contributed by atoms with Crippen molar-refractivity contribution in [2.45, 2.75) is 13.8 Å². The maximum atomic E-state index is 14.2. The number of thioether (sulfide) groups is 1. The van der Waals surface area contributed by atoms with Gasteiger partial charge in [0.25, 0.3) is 5.91 Å². The molecule has 6 nitrogen and oxygen atoms in total. The summed E-state index contributed by atoms with van der Waals surface area (Å²) in [6.45, 7) is 3.96. The Labute approximate surface area is 188 Å². The summed E-state index contributed by atoms with van der Waals surface area (Å²) in [6, 6.07) is 18.2. The van der Waals surface area contributed by atoms with Gasteiger partial charge in [0.15, 0.2) is 5.84 Å². The Kier molecular flexibility index (Phi) is 4.86. The molecule has 0 fully saturated rings. The molecule has 1 amide bonds. The van der Waals surface area contributed by atoms with Crippen molar-refractivity contribution in [1.82, 2.24) is 9.58 Å². The van der Waals surface area contributed by atoms with E-state index < -0.39 is 11.7 Å². The van der Waals surface area contributed by atoms with E-state index >= 15 is 0 Å². The Balaban J connectivity index is 1.53. The van der Waals surface area contributed by atoms with Gasteiger partial charge in [-0.1, -0.05) is 30.3 Å². The molecule has 1 N–H and O–H groups in total. The molecule has 0 radical (unpaired) electrons. The monoisotopic (exact) mass is 443 g/mol. The van der Waals surface area contributed by atoms with E-state index in [1.165, 1.54) is 11.1 Å². The van der Waals surface area contributed by atoms with E-state index in [2.05, 4.69) is 14.7 Å². The second-order valence-electron chi connectivity index (χ2n) is 7.40. The normalized spacial score (nSPS) is 17.0. The van der Waals surface area contributed by atoms with Crippen LogP contribution in [-0.4, -0.2) is 31.5 Å². The van der Waals surface area contributed by atoms with Crippen LogP contribution in [0.1, 0.15) is 22.5 Å². The van der Waals surface area contributed by atoms with Crippen LogP contribution in [0.4, 0.5) is 4.39 Å². The van der Waals surface area contributed by atoms with Crippen molar-refractivity contribution in [2.75, 3.05) is 0 Å². The molecule has 5 rings (SSSR count). The smallest absolute Gasteiger partial charge is 0.283 e. The molecule has 0 unspecified atom stereocenters. The predicted octanol–water partition coefficient (Wildman–Crippen LogP) is 4.90. The number of carbonyl (C=O) groups excluding carboxylic acids is 1. The predicted molar refractivity (Wildman–Crippen MR) is 126 cm³/mol. The van der Waals surface area contributed by atoms with Gasteiger partial charge in [-0.3, -0.25) is 10.2 Å². The summed E-state index contributed by atoms with van der Waals surface area (Å²) >= 11 is 1.08. The zero-order valence-corrected chi connectivity index (χ0v) is 18.2. The van der Waals surface area contributed by atoms with Crippen molar-refractivity contribution in [3.05, 3.63) is 94.6 Å². The average molecular weight is 444 g/mol. The molecule has 2 aliphatic heterocycles. The summed E-state index contributed by atoms with van der Waals surface area (Å²) in [6.07, 6.45) is 1.67. The van der Waals surface area contributed by atoms with Crippen LogP contribution in [-0.2, 0) is 4.79 Å². The summed E-state index contributed by atoms with van der Waals surface area (Å²) in [5.74, 6) is -1.01. The van der Waals surface area contributed by atoms with Gasteiger partial charge in [0.2, 0.25) is 5.17 Å². The van der Waals surface area contributed by atoms with Crippen LogP contribution in [0.5, 0.6) is 0 Å². The van der Waals surface area contributed by atoms with E-state index in [0.717, 1.165) is 34.4 Å². The fourth-order valence-electron chi connectivity index (χ4n) is 3.80. The highest BCUT2D eigenvalue weighted by Gasteiger charge is 2.36. The first-order valence-electron chi connectivity index (χ1n) is 9.93. The van der Waals surface area contributed by atoms with Gasteiger partial charge >= 0.3 is 0 Å². The number of nitrogens with one attached hydrogen (secondary N) is 1. The van der Waals surface area contributed by atoms with Crippen LogP contribution in [0.15, 0.2) is 76.3 Å². The Hall–Kier alpha value is -3.78. The largest absolute Gasteiger partial charge is 0.318 e. The van der Waals surface area contributed by atoms with Crippen molar-refractivity contribution in [1.29, 1.82) is 5.41 Å². The summed E-state index contributed by atoms with van der Waals surface area (Å²) in [5, 5.41) is 14.9. The number of halogens is 1. The minimum atomic E-state index is -0.511. The Morgan fingerprint density at radius 3 is 2.53 bits per heavy atom. The van der Waals surface area contributed by atoms with Gasteiger partial charge in [-0.2, -0.15) is 15.1 Å². The molecule has 3 aromatic rings. The number of fused-ring (bicyclic) bond motifs is 1. The maximum absolute atomic E-state index is 14.2. The van der Waals surface area contributed by atoms with Gasteiger partial charge in [-0.15, -0.1) is 0 Å². The second kappa shape index (κ2) is 7.72. The lowest BCUT2D eigenvalue weighted by Crippen LogP contribution is -2.35. The highest BCUT2D eigenvalue weighted by atomic mass is 32.2. The van der Waals surface area contributed by atoms with Gasteiger partial charge < -0.3 is 4.57 Å². The van der Waals surface area contributed by atoms with Gasteiger partial charge in [-0.25, -0.2) is 4.39 Å². The molecule has 0 atom stereocenters. The maximum Gasteiger partial charge on any atom is 0.283 e. The first-order valence-corrected chi connectivity index (χ1v) is 10.7. The molecule has 158 valence electrons. The number of aryl methyl sites for hydroxylation is 1. The summed E-state index contributed by atoms with van der Waals surface area (Å²) < 4.78 is 16.3. The number of carbonyl (C=O) groups is 1.